The van der Waals surface area contributed by atoms with Gasteiger partial charge in [-0.05, 0) is 65.8 Å². The minimum absolute atomic E-state index is 0.172. The maximum atomic E-state index is 11.7. The molecule has 24 heavy (non-hydrogen) atoms. The molecule has 0 aromatic heterocycles. The van der Waals surface area contributed by atoms with Crippen molar-refractivity contribution in [3.8, 4) is 0 Å². The summed E-state index contributed by atoms with van der Waals surface area (Å²) in [6, 6.07) is 0. The Bertz CT molecular complexity index is 403. The molecule has 0 aliphatic heterocycles. The summed E-state index contributed by atoms with van der Waals surface area (Å²) in [5, 5.41) is 0. The van der Waals surface area contributed by atoms with Crippen LogP contribution in [0.2, 0.25) is 58.9 Å². The largest absolute Gasteiger partial charge is 0.462 e. The van der Waals surface area contributed by atoms with Crippen molar-refractivity contribution in [1.29, 1.82) is 0 Å². The van der Waals surface area contributed by atoms with Crippen molar-refractivity contribution in [2.45, 2.75) is 78.2 Å². The standard InChI is InChI=1S/C16H36O5Si3/c1-14(2)15(17)18-13-12-16(19-22(3,4)5,20-23(6,7)8)21-24(9,10)11/h1,12-13H2,2-11H3. The van der Waals surface area contributed by atoms with Gasteiger partial charge in [0.2, 0.25) is 0 Å². The highest BCUT2D eigenvalue weighted by Gasteiger charge is 2.45. The Morgan fingerprint density at radius 3 is 1.42 bits per heavy atom. The Hall–Kier alpha value is -0.259. The summed E-state index contributed by atoms with van der Waals surface area (Å²) in [4.78, 5) is 11.7. The van der Waals surface area contributed by atoms with Crippen LogP contribution in [0.4, 0.5) is 0 Å². The molecule has 0 N–H and O–H groups in total. The second-order valence-corrected chi connectivity index (χ2v) is 22.3. The van der Waals surface area contributed by atoms with Crippen LogP contribution >= 0.6 is 0 Å². The number of hydrogen-bond acceptors (Lipinski definition) is 5. The zero-order chi connectivity index (χ0) is 19.4. The van der Waals surface area contributed by atoms with Gasteiger partial charge in [-0.2, -0.15) is 0 Å². The fourth-order valence-electron chi connectivity index (χ4n) is 2.01. The van der Waals surface area contributed by atoms with Crippen LogP contribution in [0.1, 0.15) is 13.3 Å². The normalized spacial score (nSPS) is 13.8. The molecule has 0 radical (unpaired) electrons. The maximum Gasteiger partial charge on any atom is 0.333 e. The second kappa shape index (κ2) is 8.41. The first-order valence-electron chi connectivity index (χ1n) is 8.38. The van der Waals surface area contributed by atoms with E-state index in [0.717, 1.165) is 0 Å². The molecule has 0 spiro atoms. The summed E-state index contributed by atoms with van der Waals surface area (Å²) in [6.45, 7) is 24.3. The van der Waals surface area contributed by atoms with E-state index in [1.54, 1.807) is 6.92 Å². The molecule has 8 heteroatoms. The van der Waals surface area contributed by atoms with Gasteiger partial charge in [-0.25, -0.2) is 4.79 Å². The molecular weight excluding hydrogens is 356 g/mol. The minimum atomic E-state index is -1.95. The molecule has 0 saturated heterocycles. The van der Waals surface area contributed by atoms with Crippen molar-refractivity contribution >= 4 is 30.9 Å². The van der Waals surface area contributed by atoms with Crippen molar-refractivity contribution in [1.82, 2.24) is 0 Å². The highest BCUT2D eigenvalue weighted by Crippen LogP contribution is 2.32. The van der Waals surface area contributed by atoms with Crippen molar-refractivity contribution in [3.63, 3.8) is 0 Å². The highest BCUT2D eigenvalue weighted by molar-refractivity contribution is 6.72. The molecule has 0 atom stereocenters. The van der Waals surface area contributed by atoms with Crippen LogP contribution in [0.15, 0.2) is 12.2 Å². The second-order valence-electron chi connectivity index (χ2n) is 8.99. The summed E-state index contributed by atoms with van der Waals surface area (Å²) < 4.78 is 24.4. The van der Waals surface area contributed by atoms with Crippen molar-refractivity contribution in [2.75, 3.05) is 6.61 Å². The van der Waals surface area contributed by atoms with E-state index in [1.165, 1.54) is 0 Å². The predicted molar refractivity (Wildman–Crippen MR) is 106 cm³/mol. The van der Waals surface area contributed by atoms with Crippen LogP contribution in [0, 0.1) is 0 Å². The third kappa shape index (κ3) is 11.3. The van der Waals surface area contributed by atoms with E-state index in [9.17, 15) is 4.79 Å². The Morgan fingerprint density at radius 2 is 1.17 bits per heavy atom. The molecular formula is C16H36O5Si3. The van der Waals surface area contributed by atoms with Crippen LogP contribution < -0.4 is 0 Å². The van der Waals surface area contributed by atoms with Gasteiger partial charge in [-0.3, -0.25) is 0 Å². The first kappa shape index (κ1) is 23.7. The number of rotatable bonds is 10. The maximum absolute atomic E-state index is 11.7. The zero-order valence-electron chi connectivity index (χ0n) is 17.2. The molecule has 0 aromatic carbocycles. The number of carbonyl (C=O) groups excluding carboxylic acids is 1. The van der Waals surface area contributed by atoms with Gasteiger partial charge in [-0.1, -0.05) is 6.58 Å². The first-order chi connectivity index (χ1) is 10.4. The fourth-order valence-corrected chi connectivity index (χ4v) is 5.61. The van der Waals surface area contributed by atoms with Crippen molar-refractivity contribution in [3.05, 3.63) is 12.2 Å². The number of ether oxygens (including phenoxy) is 1. The van der Waals surface area contributed by atoms with Crippen LogP contribution in [0.25, 0.3) is 0 Å². The Morgan fingerprint density at radius 1 is 0.833 bits per heavy atom. The van der Waals surface area contributed by atoms with Gasteiger partial charge < -0.3 is 18.0 Å². The van der Waals surface area contributed by atoms with E-state index in [4.69, 9.17) is 18.0 Å². The molecule has 0 rings (SSSR count). The number of esters is 1. The summed E-state index contributed by atoms with van der Waals surface area (Å²) in [5.74, 6) is -1.55. The van der Waals surface area contributed by atoms with E-state index < -0.39 is 36.9 Å². The lowest BCUT2D eigenvalue weighted by Crippen LogP contribution is -2.56. The van der Waals surface area contributed by atoms with E-state index in [-0.39, 0.29) is 6.61 Å². The monoisotopic (exact) mass is 392 g/mol. The molecule has 0 unspecified atom stereocenters. The lowest BCUT2D eigenvalue weighted by molar-refractivity contribution is -0.277. The predicted octanol–water partition coefficient (Wildman–Crippen LogP) is 4.70. The van der Waals surface area contributed by atoms with Crippen LogP contribution in [-0.2, 0) is 22.8 Å². The SMILES string of the molecule is C=C(C)C(=O)OCCC(O[Si](C)(C)C)(O[Si](C)(C)C)O[Si](C)(C)C. The molecule has 0 heterocycles. The Balaban J connectivity index is 5.46. The fraction of sp³-hybridized carbons (Fsp3) is 0.812. The smallest absolute Gasteiger partial charge is 0.333 e. The van der Waals surface area contributed by atoms with Gasteiger partial charge >= 0.3 is 5.97 Å². The van der Waals surface area contributed by atoms with Crippen molar-refractivity contribution in [2.24, 2.45) is 0 Å². The van der Waals surface area contributed by atoms with E-state index in [1.807, 2.05) is 0 Å². The molecule has 0 aliphatic carbocycles. The average molecular weight is 393 g/mol. The summed E-state index contributed by atoms with van der Waals surface area (Å²) >= 11 is 0. The van der Waals surface area contributed by atoms with Gasteiger partial charge in [0.15, 0.2) is 25.0 Å². The highest BCUT2D eigenvalue weighted by atomic mass is 28.4. The lowest BCUT2D eigenvalue weighted by atomic mass is 10.3. The van der Waals surface area contributed by atoms with E-state index >= 15 is 0 Å². The van der Waals surface area contributed by atoms with Crippen LogP contribution in [0.3, 0.4) is 0 Å². The lowest BCUT2D eigenvalue weighted by Gasteiger charge is -2.45. The van der Waals surface area contributed by atoms with Crippen molar-refractivity contribution < 1.29 is 22.8 Å². The van der Waals surface area contributed by atoms with Crippen LogP contribution in [-0.4, -0.2) is 43.5 Å². The van der Waals surface area contributed by atoms with E-state index in [2.05, 4.69) is 65.5 Å². The average Bonchev–Trinajstić information content (AvgIpc) is 2.20. The number of hydrogen-bond donors (Lipinski definition) is 0. The molecule has 0 fully saturated rings. The third-order valence-corrected chi connectivity index (χ3v) is 5.15. The molecule has 0 amide bonds. The first-order valence-corrected chi connectivity index (χ1v) is 18.6. The van der Waals surface area contributed by atoms with Gasteiger partial charge in [0, 0.05) is 5.57 Å². The number of carbonyl (C=O) groups is 1. The molecule has 0 aliphatic rings. The Labute approximate surface area is 151 Å². The van der Waals surface area contributed by atoms with E-state index in [0.29, 0.717) is 12.0 Å². The third-order valence-electron chi connectivity index (χ3n) is 2.37. The van der Waals surface area contributed by atoms with Gasteiger partial charge in [0.05, 0.1) is 13.0 Å². The molecule has 0 saturated carbocycles. The van der Waals surface area contributed by atoms with Crippen LogP contribution in [0.5, 0.6) is 0 Å². The topological polar surface area (TPSA) is 54.0 Å². The van der Waals surface area contributed by atoms with Gasteiger partial charge in [-0.15, -0.1) is 0 Å². The minimum Gasteiger partial charge on any atom is -0.462 e. The van der Waals surface area contributed by atoms with Gasteiger partial charge in [0.25, 0.3) is 5.97 Å². The molecule has 142 valence electrons. The molecule has 5 nitrogen and oxygen atoms in total. The Kier molecular flexibility index (Phi) is 8.32. The molecule has 0 aromatic rings. The molecule has 0 bridgehead atoms. The quantitative estimate of drug-likeness (QED) is 0.233. The summed E-state index contributed by atoms with van der Waals surface area (Å²) in [6.07, 6.45) is 0.352. The summed E-state index contributed by atoms with van der Waals surface area (Å²) in [7, 11) is -5.86. The zero-order valence-corrected chi connectivity index (χ0v) is 20.2. The van der Waals surface area contributed by atoms with Gasteiger partial charge in [0.1, 0.15) is 0 Å². The summed E-state index contributed by atoms with van der Waals surface area (Å²) in [5.41, 5.74) is 0.379.